The Kier molecular flexibility index (Phi) is 2.34. The molecule has 0 saturated carbocycles. The Bertz CT molecular complexity index is 498. The molecule has 0 bridgehead atoms. The van der Waals surface area contributed by atoms with Crippen LogP contribution >= 0.6 is 0 Å². The van der Waals surface area contributed by atoms with Crippen molar-refractivity contribution >= 4 is 5.65 Å². The van der Waals surface area contributed by atoms with Crippen LogP contribution in [0.5, 0.6) is 0 Å². The van der Waals surface area contributed by atoms with Crippen LogP contribution in [0.25, 0.3) is 5.65 Å². The van der Waals surface area contributed by atoms with E-state index >= 15 is 0 Å². The van der Waals surface area contributed by atoms with Crippen LogP contribution in [0.1, 0.15) is 23.7 Å². The summed E-state index contributed by atoms with van der Waals surface area (Å²) in [6.45, 7) is 2.59. The molecule has 1 unspecified atom stereocenters. The highest BCUT2D eigenvalue weighted by Crippen LogP contribution is 2.19. The maximum Gasteiger partial charge on any atom is 0.156 e. The molecule has 5 heteroatoms. The van der Waals surface area contributed by atoms with Crippen LogP contribution in [-0.4, -0.2) is 27.7 Å². The van der Waals surface area contributed by atoms with Crippen molar-refractivity contribution in [1.82, 2.24) is 19.9 Å². The summed E-state index contributed by atoms with van der Waals surface area (Å²) in [5.74, 6) is 1.40. The molecule has 0 amide bonds. The number of rotatable bonds is 2. The highest BCUT2D eigenvalue weighted by atomic mass is 15.3. The van der Waals surface area contributed by atoms with E-state index in [4.69, 9.17) is 5.73 Å². The summed E-state index contributed by atoms with van der Waals surface area (Å²) >= 11 is 0. The molecule has 3 heterocycles. The average molecular weight is 217 g/mol. The van der Waals surface area contributed by atoms with E-state index in [1.807, 2.05) is 22.8 Å². The first-order valence-corrected chi connectivity index (χ1v) is 5.63. The minimum atomic E-state index is 0.459. The topological polar surface area (TPSA) is 68.2 Å². The third kappa shape index (κ3) is 1.58. The molecule has 1 saturated heterocycles. The number of nitrogens with one attached hydrogen (secondary N) is 1. The molecule has 16 heavy (non-hydrogen) atoms. The third-order valence-corrected chi connectivity index (χ3v) is 3.07. The van der Waals surface area contributed by atoms with Gasteiger partial charge >= 0.3 is 0 Å². The normalized spacial score (nSPS) is 20.7. The van der Waals surface area contributed by atoms with Gasteiger partial charge in [-0.05, 0) is 24.6 Å². The quantitative estimate of drug-likeness (QED) is 0.757. The first-order chi connectivity index (χ1) is 7.86. The first kappa shape index (κ1) is 9.74. The van der Waals surface area contributed by atoms with E-state index in [9.17, 15) is 0 Å². The van der Waals surface area contributed by atoms with E-state index < -0.39 is 0 Å². The first-order valence-electron chi connectivity index (χ1n) is 5.63. The van der Waals surface area contributed by atoms with Crippen LogP contribution in [0.15, 0.2) is 18.3 Å². The van der Waals surface area contributed by atoms with Gasteiger partial charge in [-0.15, -0.1) is 0 Å². The Hall–Kier alpha value is -1.46. The van der Waals surface area contributed by atoms with Gasteiger partial charge in [-0.25, -0.2) is 9.50 Å². The van der Waals surface area contributed by atoms with Crippen molar-refractivity contribution in [2.75, 3.05) is 13.1 Å². The number of fused-ring (bicyclic) bond motifs is 1. The molecule has 0 aromatic carbocycles. The Morgan fingerprint density at radius 1 is 1.50 bits per heavy atom. The molecular weight excluding hydrogens is 202 g/mol. The number of hydrogen-bond acceptors (Lipinski definition) is 4. The van der Waals surface area contributed by atoms with E-state index in [0.29, 0.717) is 12.5 Å². The van der Waals surface area contributed by atoms with Gasteiger partial charge in [0.05, 0.1) is 0 Å². The molecule has 0 aliphatic carbocycles. The van der Waals surface area contributed by atoms with Crippen molar-refractivity contribution in [2.24, 2.45) is 5.73 Å². The summed E-state index contributed by atoms with van der Waals surface area (Å²) in [5, 5.41) is 7.84. The molecule has 1 atom stereocenters. The lowest BCUT2D eigenvalue weighted by molar-refractivity contribution is 0.698. The molecule has 1 fully saturated rings. The van der Waals surface area contributed by atoms with Crippen LogP contribution < -0.4 is 11.1 Å². The third-order valence-electron chi connectivity index (χ3n) is 3.07. The minimum absolute atomic E-state index is 0.459. The number of nitrogens with two attached hydrogens (primary N) is 1. The Labute approximate surface area is 93.7 Å². The van der Waals surface area contributed by atoms with E-state index in [1.54, 1.807) is 0 Å². The van der Waals surface area contributed by atoms with Gasteiger partial charge in [0.1, 0.15) is 0 Å². The molecule has 0 spiro atoms. The van der Waals surface area contributed by atoms with Gasteiger partial charge in [0.2, 0.25) is 0 Å². The second-order valence-corrected chi connectivity index (χ2v) is 4.20. The van der Waals surface area contributed by atoms with Gasteiger partial charge in [0.15, 0.2) is 11.5 Å². The fourth-order valence-corrected chi connectivity index (χ4v) is 2.11. The maximum absolute atomic E-state index is 5.60. The van der Waals surface area contributed by atoms with Crippen LogP contribution in [0.4, 0.5) is 0 Å². The van der Waals surface area contributed by atoms with Crippen LogP contribution in [-0.2, 0) is 6.54 Å². The van der Waals surface area contributed by atoms with Crippen molar-refractivity contribution in [3.63, 3.8) is 0 Å². The standard InChI is InChI=1S/C11H15N5/c12-5-8-1-2-10-14-11(15-16(10)7-8)9-3-4-13-6-9/h1-2,7,9,13H,3-6,12H2. The lowest BCUT2D eigenvalue weighted by Gasteiger charge is -1.99. The minimum Gasteiger partial charge on any atom is -0.326 e. The zero-order valence-electron chi connectivity index (χ0n) is 9.06. The van der Waals surface area contributed by atoms with Crippen LogP contribution in [0.3, 0.4) is 0 Å². The summed E-state index contributed by atoms with van der Waals surface area (Å²) in [6, 6.07) is 3.97. The van der Waals surface area contributed by atoms with Gasteiger partial charge in [-0.1, -0.05) is 6.07 Å². The molecule has 3 rings (SSSR count). The van der Waals surface area contributed by atoms with Crippen molar-refractivity contribution in [3.05, 3.63) is 29.7 Å². The Balaban J connectivity index is 2.01. The number of hydrogen-bond donors (Lipinski definition) is 2. The summed E-state index contributed by atoms with van der Waals surface area (Å²) in [7, 11) is 0. The largest absolute Gasteiger partial charge is 0.326 e. The SMILES string of the molecule is NCc1ccc2nc(C3CCNC3)nn2c1. The zero-order chi connectivity index (χ0) is 11.0. The molecule has 1 aliphatic heterocycles. The molecule has 5 nitrogen and oxygen atoms in total. The summed E-state index contributed by atoms with van der Waals surface area (Å²) in [4.78, 5) is 4.54. The van der Waals surface area contributed by atoms with Gasteiger partial charge in [0, 0.05) is 25.2 Å². The highest BCUT2D eigenvalue weighted by molar-refractivity contribution is 5.39. The molecule has 1 aliphatic rings. The predicted octanol–water partition coefficient (Wildman–Crippen LogP) is 0.265. The zero-order valence-corrected chi connectivity index (χ0v) is 9.06. The van der Waals surface area contributed by atoms with Gasteiger partial charge in [0.25, 0.3) is 0 Å². The summed E-state index contributed by atoms with van der Waals surface area (Å²) < 4.78 is 1.83. The van der Waals surface area contributed by atoms with Crippen molar-refractivity contribution in [1.29, 1.82) is 0 Å². The lowest BCUT2D eigenvalue weighted by atomic mass is 10.1. The second-order valence-electron chi connectivity index (χ2n) is 4.20. The fourth-order valence-electron chi connectivity index (χ4n) is 2.11. The smallest absolute Gasteiger partial charge is 0.156 e. The molecule has 2 aromatic rings. The maximum atomic E-state index is 5.60. The summed E-state index contributed by atoms with van der Waals surface area (Å²) in [6.07, 6.45) is 3.08. The van der Waals surface area contributed by atoms with Crippen molar-refractivity contribution < 1.29 is 0 Å². The van der Waals surface area contributed by atoms with E-state index in [0.717, 1.165) is 36.5 Å². The number of nitrogens with zero attached hydrogens (tertiary/aromatic N) is 3. The van der Waals surface area contributed by atoms with Crippen molar-refractivity contribution in [2.45, 2.75) is 18.9 Å². The molecule has 2 aromatic heterocycles. The molecule has 84 valence electrons. The van der Waals surface area contributed by atoms with Gasteiger partial charge in [-0.3, -0.25) is 0 Å². The summed E-state index contributed by atoms with van der Waals surface area (Å²) in [5.41, 5.74) is 7.58. The molecule has 0 radical (unpaired) electrons. The molecule has 3 N–H and O–H groups in total. The molecular formula is C11H15N5. The number of pyridine rings is 1. The van der Waals surface area contributed by atoms with Gasteiger partial charge in [-0.2, -0.15) is 5.10 Å². The lowest BCUT2D eigenvalue weighted by Crippen LogP contribution is -2.08. The van der Waals surface area contributed by atoms with Gasteiger partial charge < -0.3 is 11.1 Å². The Morgan fingerprint density at radius 2 is 2.44 bits per heavy atom. The van der Waals surface area contributed by atoms with E-state index in [2.05, 4.69) is 15.4 Å². The average Bonchev–Trinajstić information content (AvgIpc) is 2.96. The van der Waals surface area contributed by atoms with Crippen LogP contribution in [0, 0.1) is 0 Å². The van der Waals surface area contributed by atoms with Crippen LogP contribution in [0.2, 0.25) is 0 Å². The van der Waals surface area contributed by atoms with Crippen molar-refractivity contribution in [3.8, 4) is 0 Å². The second kappa shape index (κ2) is 3.84. The van der Waals surface area contributed by atoms with E-state index in [1.165, 1.54) is 0 Å². The Morgan fingerprint density at radius 3 is 3.19 bits per heavy atom. The number of aromatic nitrogens is 3. The highest BCUT2D eigenvalue weighted by Gasteiger charge is 2.20. The monoisotopic (exact) mass is 217 g/mol. The fraction of sp³-hybridized carbons (Fsp3) is 0.455. The van der Waals surface area contributed by atoms with E-state index in [-0.39, 0.29) is 0 Å². The predicted molar refractivity (Wildman–Crippen MR) is 61.1 cm³/mol.